The molecule has 36 nitrogen and oxygen atoms in total. The van der Waals surface area contributed by atoms with Gasteiger partial charge in [-0.15, -0.1) is 16.4 Å². The van der Waals surface area contributed by atoms with Gasteiger partial charge in [-0.3, -0.25) is 14.5 Å². The number of anilines is 1. The highest BCUT2D eigenvalue weighted by Gasteiger charge is 2.35. The van der Waals surface area contributed by atoms with E-state index in [0.717, 1.165) is 5.56 Å². The van der Waals surface area contributed by atoms with Crippen molar-refractivity contribution in [1.29, 1.82) is 0 Å². The normalized spacial score (nSPS) is 13.4. The van der Waals surface area contributed by atoms with E-state index < -0.39 is 71.5 Å². The molecule has 0 bridgehead atoms. The fourth-order valence-corrected chi connectivity index (χ4v) is 15.5. The maximum atomic E-state index is 14.7. The van der Waals surface area contributed by atoms with Crippen LogP contribution in [0.2, 0.25) is 5.02 Å². The van der Waals surface area contributed by atoms with Crippen molar-refractivity contribution in [1.82, 2.24) is 60.7 Å². The Labute approximate surface area is 776 Å². The van der Waals surface area contributed by atoms with Crippen LogP contribution in [0.25, 0.3) is 43.2 Å². The number of alkyl carbamates (subject to hydrolysis) is 1. The molecule has 5 heterocycles. The Bertz CT molecular complexity index is 5180. The number of nitrogens with zero attached hydrogens (tertiary/aromatic N) is 10. The van der Waals surface area contributed by atoms with Crippen molar-refractivity contribution < 1.29 is 109 Å². The highest BCUT2D eigenvalue weighted by atomic mass is 35.5. The SMILES string of the molecule is COCCOCCOCCOCCOCCOCCOCCOCCn1cc(COC(=O)N(C)Cc2cc(NC(=O)[C@H](CCCNC(N)=O)NC(=O)[C@@H](NC(=O)OC(C)(C)C)C(C)C)ccc2C[N+]2(C)CCN(CCOc3ccc(-c4c(-c5ccc(F)cc5)sc5ncnc(O[C@H](Cc6ccccc6OCc6ccnc(-c7ccccc7OC)n6)C(=O)O)c45)c(C)c3Cl)CC2)nn1. The Kier molecular flexibility index (Phi) is 41.0. The number of nitrogens with one attached hydrogen (secondary N) is 4. The van der Waals surface area contributed by atoms with Gasteiger partial charge in [0, 0.05) is 81.2 Å². The van der Waals surface area contributed by atoms with Gasteiger partial charge in [-0.1, -0.05) is 85.3 Å². The summed E-state index contributed by atoms with van der Waals surface area (Å²) in [7, 11) is 6.97. The van der Waals surface area contributed by atoms with Crippen LogP contribution < -0.4 is 45.9 Å². The number of aliphatic carboxylic acids is 1. The van der Waals surface area contributed by atoms with Crippen molar-refractivity contribution in [2.45, 2.75) is 117 Å². The molecule has 3 atom stereocenters. The molecular formula is C93H122ClFN15O21S+. The number of carboxylic acids is 1. The number of carbonyl (C=O) groups is 6. The number of amides is 6. The lowest BCUT2D eigenvalue weighted by Crippen LogP contribution is -2.57. The second-order valence-corrected chi connectivity index (χ2v) is 34.1. The molecular weight excluding hydrogens is 1750 g/mol. The first-order valence-electron chi connectivity index (χ1n) is 43.8. The monoisotopic (exact) mass is 1870 g/mol. The van der Waals surface area contributed by atoms with Crippen LogP contribution >= 0.6 is 22.9 Å². The summed E-state index contributed by atoms with van der Waals surface area (Å²) in [5.74, 6) is -1.43. The highest BCUT2D eigenvalue weighted by molar-refractivity contribution is 7.22. The topological polar surface area (TPSA) is 415 Å². The first-order chi connectivity index (χ1) is 63.6. The lowest BCUT2D eigenvalue weighted by molar-refractivity contribution is -0.926. The number of halogens is 2. The molecule has 7 N–H and O–H groups in total. The predicted molar refractivity (Wildman–Crippen MR) is 491 cm³/mol. The zero-order valence-electron chi connectivity index (χ0n) is 76.5. The van der Waals surface area contributed by atoms with Crippen LogP contribution in [0.5, 0.6) is 23.1 Å². The molecule has 6 amide bonds. The van der Waals surface area contributed by atoms with Gasteiger partial charge in [-0.05, 0) is 129 Å². The third-order valence-corrected chi connectivity index (χ3v) is 22.7. The number of para-hydroxylation sites is 2. The molecule has 1 aliphatic heterocycles. The quantitative estimate of drug-likeness (QED) is 0.0152. The molecule has 0 spiro atoms. The number of likely N-dealkylation sites (N-methyl/N-ethyl adjacent to an activating group) is 1. The standard InChI is InChI=1S/C93H121ClFN15O21S/c1-62(2)82(104-91(116)131-93(4,5)6)86(112)103-74(18-15-30-98-90(96)115)85(111)102-69-26-23-66(67(54-69)56-107(7)92(117)129-60-71-57-109(106-105-71)35-38-120-42-43-122-46-47-124-50-51-126-53-52-125-49-48-123-45-44-121-41-40-118-9)58-110(8)36-32-108(33-37-110)34-39-127-77-28-27-72(63(3)81(77)94)79-80-87(99-61-100-88(80)132-83(79)64-21-24-68(95)25-22-64)130-78(89(113)114)55-65-16-11-13-19-75(65)128-59-70-29-31-97-84(101-70)73-17-12-14-20-76(73)119-10/h11-14,16-17,19-29,31,54,57,61-62,74,78,82H,15,18,30,32-53,55-56,58-60H2,1-10H3,(H6-,96,98,102,103,104,111,112,113,114,115,116)/p+1/t74-,78+,82-/m0/s1. The Morgan fingerprint density at radius 2 is 1.35 bits per heavy atom. The summed E-state index contributed by atoms with van der Waals surface area (Å²) in [6.07, 6.45) is 1.85. The minimum Gasteiger partial charge on any atom is -0.496 e. The lowest BCUT2D eigenvalue weighted by atomic mass is 9.96. The second kappa shape index (κ2) is 52.7. The number of nitrogens with two attached hydrogens (primary N) is 1. The summed E-state index contributed by atoms with van der Waals surface area (Å²) in [5, 5.41) is 31.0. The van der Waals surface area contributed by atoms with E-state index in [9.17, 15) is 38.3 Å². The number of urea groups is 1. The molecule has 4 aromatic heterocycles. The van der Waals surface area contributed by atoms with E-state index in [4.69, 9.17) is 88.6 Å². The first kappa shape index (κ1) is 103. The number of aromatic nitrogens is 7. The molecule has 5 aromatic carbocycles. The van der Waals surface area contributed by atoms with Gasteiger partial charge >= 0.3 is 24.2 Å². The van der Waals surface area contributed by atoms with Gasteiger partial charge in [-0.25, -0.2) is 48.2 Å². The van der Waals surface area contributed by atoms with E-state index >= 15 is 0 Å². The van der Waals surface area contributed by atoms with Crippen molar-refractivity contribution in [2.75, 3.05) is 179 Å². The maximum Gasteiger partial charge on any atom is 0.410 e. The maximum absolute atomic E-state index is 14.7. The summed E-state index contributed by atoms with van der Waals surface area (Å²) >= 11 is 8.66. The number of methoxy groups -OCH3 is 2. The minimum absolute atomic E-state index is 0.00205. The van der Waals surface area contributed by atoms with Gasteiger partial charge in [0.2, 0.25) is 23.8 Å². The predicted octanol–water partition coefficient (Wildman–Crippen LogP) is 11.1. The van der Waals surface area contributed by atoms with Gasteiger partial charge in [0.25, 0.3) is 0 Å². The average Bonchev–Trinajstić information content (AvgIpc) is 1.59. The van der Waals surface area contributed by atoms with Crippen LogP contribution in [0, 0.1) is 18.7 Å². The van der Waals surface area contributed by atoms with Gasteiger partial charge in [0.15, 0.2) is 5.82 Å². The number of thiophene rings is 1. The molecule has 714 valence electrons. The molecule has 0 unspecified atom stereocenters. The zero-order valence-corrected chi connectivity index (χ0v) is 78.0. The molecule has 1 saturated heterocycles. The summed E-state index contributed by atoms with van der Waals surface area (Å²) in [6.45, 7) is 21.6. The number of hydrogen-bond acceptors (Lipinski definition) is 28. The fourth-order valence-electron chi connectivity index (χ4n) is 14.1. The van der Waals surface area contributed by atoms with Gasteiger partial charge in [-0.2, -0.15) is 0 Å². The van der Waals surface area contributed by atoms with E-state index in [0.29, 0.717) is 249 Å². The number of quaternary nitrogens is 1. The lowest BCUT2D eigenvalue weighted by Gasteiger charge is -2.42. The number of fused-ring (bicyclic) bond motifs is 1. The number of hydrogen-bond donors (Lipinski definition) is 6. The number of piperazine rings is 1. The second-order valence-electron chi connectivity index (χ2n) is 32.8. The fraction of sp³-hybridized carbons (Fsp3) is 0.484. The molecule has 0 saturated carbocycles. The van der Waals surface area contributed by atoms with Crippen LogP contribution in [-0.4, -0.2) is 287 Å². The van der Waals surface area contributed by atoms with Gasteiger partial charge in [0.05, 0.1) is 161 Å². The number of carboxylic acid groups (broad SMARTS) is 1. The minimum atomic E-state index is -1.47. The van der Waals surface area contributed by atoms with Crippen LogP contribution in [0.3, 0.4) is 0 Å². The Balaban J connectivity index is 0.759. The van der Waals surface area contributed by atoms with Gasteiger partial charge < -0.3 is 108 Å². The Morgan fingerprint density at radius 3 is 1.99 bits per heavy atom. The van der Waals surface area contributed by atoms with Crippen LogP contribution in [-0.2, 0) is 101 Å². The number of primary amides is 1. The molecule has 1 aliphatic rings. The number of benzene rings is 5. The van der Waals surface area contributed by atoms with E-state index in [2.05, 4.69) is 58.5 Å². The highest BCUT2D eigenvalue weighted by Crippen LogP contribution is 2.50. The summed E-state index contributed by atoms with van der Waals surface area (Å²) in [6, 6.07) is 28.4. The molecule has 9 aromatic rings. The number of carbonyl (C=O) groups excluding carboxylic acids is 5. The summed E-state index contributed by atoms with van der Waals surface area (Å²) in [4.78, 5) is 104. The smallest absolute Gasteiger partial charge is 0.410 e. The van der Waals surface area contributed by atoms with E-state index in [1.54, 1.807) is 134 Å². The Hall–Kier alpha value is -11.4. The summed E-state index contributed by atoms with van der Waals surface area (Å²) < 4.78 is 96.8. The zero-order chi connectivity index (χ0) is 94.4. The molecule has 132 heavy (non-hydrogen) atoms. The van der Waals surface area contributed by atoms with Crippen molar-refractivity contribution >= 4 is 74.8 Å². The van der Waals surface area contributed by atoms with Crippen molar-refractivity contribution in [3.05, 3.63) is 172 Å². The third kappa shape index (κ3) is 32.8. The van der Waals surface area contributed by atoms with Crippen molar-refractivity contribution in [3.63, 3.8) is 0 Å². The average molecular weight is 1870 g/mol. The Morgan fingerprint density at radius 1 is 0.697 bits per heavy atom. The number of rotatable bonds is 56. The molecule has 10 rings (SSSR count). The van der Waals surface area contributed by atoms with Crippen LogP contribution in [0.1, 0.15) is 81.1 Å². The number of ether oxygens (including phenoxy) is 14. The van der Waals surface area contributed by atoms with E-state index in [-0.39, 0.29) is 58.1 Å². The third-order valence-electron chi connectivity index (χ3n) is 21.1. The first-order valence-corrected chi connectivity index (χ1v) is 45.0. The van der Waals surface area contributed by atoms with Crippen molar-refractivity contribution in [2.24, 2.45) is 11.7 Å². The summed E-state index contributed by atoms with van der Waals surface area (Å²) in [5.41, 5.74) is 11.2. The van der Waals surface area contributed by atoms with Gasteiger partial charge in [0.1, 0.15) is 84.0 Å². The largest absolute Gasteiger partial charge is 0.496 e. The van der Waals surface area contributed by atoms with Crippen LogP contribution in [0.4, 0.5) is 24.5 Å². The molecule has 0 radical (unpaired) electrons. The molecule has 1 fully saturated rings. The van der Waals surface area contributed by atoms with E-state index in [1.165, 1.54) is 34.7 Å². The molecule has 39 heteroatoms. The van der Waals surface area contributed by atoms with E-state index in [1.807, 2.05) is 43.3 Å². The van der Waals surface area contributed by atoms with Crippen LogP contribution in [0.15, 0.2) is 128 Å². The molecule has 0 aliphatic carbocycles. The van der Waals surface area contributed by atoms with Crippen molar-refractivity contribution in [3.8, 4) is 56.1 Å².